The van der Waals surface area contributed by atoms with E-state index in [1.54, 1.807) is 0 Å². The van der Waals surface area contributed by atoms with Crippen LogP contribution in [-0.4, -0.2) is 13.3 Å². The molecule has 8 heteroatoms. The molecule has 0 bridgehead atoms. The molecule has 1 aromatic carbocycles. The molecule has 0 fully saturated rings. The minimum atomic E-state index is -4.90. The maximum absolute atomic E-state index is 13.2. The summed E-state index contributed by atoms with van der Waals surface area (Å²) >= 11 is 0. The number of hydrogen-bond acceptors (Lipinski definition) is 4. The van der Waals surface area contributed by atoms with Crippen LogP contribution in [0.1, 0.15) is 5.56 Å². The molecule has 1 aromatic rings. The number of benzene rings is 1. The molecular formula is C7H5F2NO4S. The lowest BCUT2D eigenvalue weighted by Gasteiger charge is -1.99. The third-order valence-corrected chi connectivity index (χ3v) is 2.24. The van der Waals surface area contributed by atoms with Crippen molar-refractivity contribution in [2.24, 2.45) is 0 Å². The normalized spacial score (nSPS) is 11.3. The van der Waals surface area contributed by atoms with Crippen molar-refractivity contribution in [1.82, 2.24) is 0 Å². The summed E-state index contributed by atoms with van der Waals surface area (Å²) in [5.41, 5.74) is -1.44. The van der Waals surface area contributed by atoms with E-state index in [1.807, 2.05) is 0 Å². The van der Waals surface area contributed by atoms with Crippen molar-refractivity contribution in [3.05, 3.63) is 39.7 Å². The molecule has 0 radical (unpaired) electrons. The highest BCUT2D eigenvalue weighted by Crippen LogP contribution is 2.21. The molecule has 0 aliphatic rings. The highest BCUT2D eigenvalue weighted by atomic mass is 32.3. The lowest BCUT2D eigenvalue weighted by Crippen LogP contribution is -2.02. The minimum Gasteiger partial charge on any atom is -0.258 e. The summed E-state index contributed by atoms with van der Waals surface area (Å²) in [6.07, 6.45) is 0. The molecule has 0 saturated heterocycles. The Balaban J connectivity index is 3.22. The van der Waals surface area contributed by atoms with Crippen molar-refractivity contribution in [1.29, 1.82) is 0 Å². The van der Waals surface area contributed by atoms with Crippen molar-refractivity contribution in [2.75, 3.05) is 0 Å². The van der Waals surface area contributed by atoms with Crippen LogP contribution in [0.25, 0.3) is 0 Å². The number of nitro groups is 1. The molecule has 1 rings (SSSR count). The monoisotopic (exact) mass is 237 g/mol. The first-order valence-electron chi connectivity index (χ1n) is 3.65. The zero-order chi connectivity index (χ0) is 11.6. The third kappa shape index (κ3) is 2.94. The van der Waals surface area contributed by atoms with Crippen LogP contribution < -0.4 is 0 Å². The van der Waals surface area contributed by atoms with Gasteiger partial charge in [0.2, 0.25) is 5.82 Å². The second-order valence-corrected chi connectivity index (χ2v) is 4.06. The second kappa shape index (κ2) is 3.89. The van der Waals surface area contributed by atoms with Gasteiger partial charge in [-0.2, -0.15) is 12.8 Å². The Hall–Kier alpha value is -1.57. The first-order chi connectivity index (χ1) is 6.81. The molecule has 0 aliphatic heterocycles. The molecule has 0 N–H and O–H groups in total. The quantitative estimate of drug-likeness (QED) is 0.453. The summed E-state index contributed by atoms with van der Waals surface area (Å²) in [6, 6.07) is 2.92. The van der Waals surface area contributed by atoms with E-state index >= 15 is 0 Å². The Morgan fingerprint density at radius 2 is 2.00 bits per heavy atom. The Bertz CT molecular complexity index is 500. The highest BCUT2D eigenvalue weighted by molar-refractivity contribution is 7.85. The fourth-order valence-corrected chi connectivity index (χ4v) is 1.60. The molecule has 15 heavy (non-hydrogen) atoms. The zero-order valence-electron chi connectivity index (χ0n) is 7.18. The van der Waals surface area contributed by atoms with Gasteiger partial charge in [0.25, 0.3) is 0 Å². The molecule has 0 amide bonds. The van der Waals surface area contributed by atoms with E-state index in [1.165, 1.54) is 0 Å². The van der Waals surface area contributed by atoms with Crippen LogP contribution in [0.2, 0.25) is 0 Å². The Morgan fingerprint density at radius 3 is 2.47 bits per heavy atom. The predicted molar refractivity (Wildman–Crippen MR) is 46.8 cm³/mol. The van der Waals surface area contributed by atoms with E-state index in [4.69, 9.17) is 0 Å². The molecule has 0 atom stereocenters. The lowest BCUT2D eigenvalue weighted by molar-refractivity contribution is -0.387. The van der Waals surface area contributed by atoms with Gasteiger partial charge in [0.1, 0.15) is 5.75 Å². The molecule has 0 aromatic heterocycles. The minimum absolute atomic E-state index is 0.563. The molecule has 0 saturated carbocycles. The van der Waals surface area contributed by atoms with Gasteiger partial charge in [-0.1, -0.05) is 12.1 Å². The van der Waals surface area contributed by atoms with Crippen molar-refractivity contribution in [3.8, 4) is 0 Å². The Kier molecular flexibility index (Phi) is 2.98. The number of halogens is 2. The average Bonchev–Trinajstić information content (AvgIpc) is 2.05. The van der Waals surface area contributed by atoms with Crippen molar-refractivity contribution in [3.63, 3.8) is 0 Å². The summed E-state index contributed by atoms with van der Waals surface area (Å²) in [5.74, 6) is -2.54. The number of hydrogen-bond donors (Lipinski definition) is 0. The molecule has 0 aliphatic carbocycles. The van der Waals surface area contributed by atoms with E-state index in [0.717, 1.165) is 18.2 Å². The largest absolute Gasteiger partial charge is 0.306 e. The Morgan fingerprint density at radius 1 is 1.40 bits per heavy atom. The van der Waals surface area contributed by atoms with Gasteiger partial charge in [-0.05, 0) is 0 Å². The van der Waals surface area contributed by atoms with Gasteiger partial charge in [-0.25, -0.2) is 0 Å². The van der Waals surface area contributed by atoms with E-state index in [0.29, 0.717) is 0 Å². The molecule has 82 valence electrons. The van der Waals surface area contributed by atoms with Gasteiger partial charge in [0.15, 0.2) is 0 Å². The predicted octanol–water partition coefficient (Wildman–Crippen LogP) is 1.53. The molecular weight excluding hydrogens is 232 g/mol. The average molecular weight is 237 g/mol. The summed E-state index contributed by atoms with van der Waals surface area (Å²) < 4.78 is 45.9. The smallest absolute Gasteiger partial charge is 0.258 e. The van der Waals surface area contributed by atoms with Crippen LogP contribution in [-0.2, 0) is 16.0 Å². The molecule has 0 spiro atoms. The van der Waals surface area contributed by atoms with Crippen LogP contribution >= 0.6 is 0 Å². The van der Waals surface area contributed by atoms with Gasteiger partial charge in [0, 0.05) is 11.6 Å². The van der Waals surface area contributed by atoms with E-state index in [9.17, 15) is 26.8 Å². The SMILES string of the molecule is O=[N+]([O-])c1cccc(CS(=O)(=O)F)c1F. The lowest BCUT2D eigenvalue weighted by atomic mass is 10.2. The topological polar surface area (TPSA) is 77.3 Å². The van der Waals surface area contributed by atoms with Gasteiger partial charge >= 0.3 is 15.9 Å². The standard InChI is InChI=1S/C7H5F2NO4S/c8-7-5(4-15(9,13)14)2-1-3-6(7)10(11)12/h1-3H,4H2. The maximum Gasteiger partial charge on any atom is 0.306 e. The van der Waals surface area contributed by atoms with Crippen LogP contribution in [0.4, 0.5) is 14.0 Å². The second-order valence-electron chi connectivity index (χ2n) is 2.69. The van der Waals surface area contributed by atoms with Gasteiger partial charge in [-0.3, -0.25) is 10.1 Å². The first-order valence-corrected chi connectivity index (χ1v) is 5.20. The third-order valence-electron chi connectivity index (χ3n) is 1.58. The van der Waals surface area contributed by atoms with Crippen molar-refractivity contribution >= 4 is 15.9 Å². The Labute approximate surface area is 83.7 Å². The molecule has 5 nitrogen and oxygen atoms in total. The number of nitro benzene ring substituents is 1. The van der Waals surface area contributed by atoms with Crippen LogP contribution in [0, 0.1) is 15.9 Å². The summed E-state index contributed by atoms with van der Waals surface area (Å²) in [5, 5.41) is 10.3. The number of nitrogens with zero attached hydrogens (tertiary/aromatic N) is 1. The van der Waals surface area contributed by atoms with Crippen molar-refractivity contribution in [2.45, 2.75) is 5.75 Å². The number of rotatable bonds is 3. The maximum atomic E-state index is 13.2. The fourth-order valence-electron chi connectivity index (χ4n) is 1.00. The first kappa shape index (κ1) is 11.5. The summed E-state index contributed by atoms with van der Waals surface area (Å²) in [6.45, 7) is 0. The van der Waals surface area contributed by atoms with Crippen LogP contribution in [0.5, 0.6) is 0 Å². The fraction of sp³-hybridized carbons (Fsp3) is 0.143. The van der Waals surface area contributed by atoms with Gasteiger partial charge in [-0.15, -0.1) is 3.89 Å². The van der Waals surface area contributed by atoms with Gasteiger partial charge < -0.3 is 0 Å². The zero-order valence-corrected chi connectivity index (χ0v) is 8.00. The highest BCUT2D eigenvalue weighted by Gasteiger charge is 2.20. The molecule has 0 unspecified atom stereocenters. The van der Waals surface area contributed by atoms with Crippen molar-refractivity contribution < 1.29 is 21.6 Å². The van der Waals surface area contributed by atoms with E-state index < -0.39 is 38.0 Å². The van der Waals surface area contributed by atoms with Crippen LogP contribution in [0.3, 0.4) is 0 Å². The summed E-state index contributed by atoms with van der Waals surface area (Å²) in [4.78, 5) is 9.25. The van der Waals surface area contributed by atoms with Crippen LogP contribution in [0.15, 0.2) is 18.2 Å². The molecule has 0 heterocycles. The van der Waals surface area contributed by atoms with E-state index in [2.05, 4.69) is 0 Å². The van der Waals surface area contributed by atoms with E-state index in [-0.39, 0.29) is 0 Å². The summed E-state index contributed by atoms with van der Waals surface area (Å²) in [7, 11) is -4.90. The van der Waals surface area contributed by atoms with Gasteiger partial charge in [0.05, 0.1) is 4.92 Å².